The van der Waals surface area contributed by atoms with Gasteiger partial charge in [-0.25, -0.2) is 8.42 Å². The molecule has 1 N–H and O–H groups in total. The number of sulfonamides is 1. The summed E-state index contributed by atoms with van der Waals surface area (Å²) in [5, 5.41) is 3.79. The summed E-state index contributed by atoms with van der Waals surface area (Å²) in [5.74, 6) is -0.396. The van der Waals surface area contributed by atoms with Crippen LogP contribution in [-0.2, 0) is 21.4 Å². The second-order valence-electron chi connectivity index (χ2n) is 5.77. The zero-order chi connectivity index (χ0) is 19.3. The van der Waals surface area contributed by atoms with Crippen LogP contribution in [0.4, 0.5) is 5.69 Å². The van der Waals surface area contributed by atoms with Crippen LogP contribution in [0.5, 0.6) is 0 Å². The van der Waals surface area contributed by atoms with Crippen molar-refractivity contribution in [2.24, 2.45) is 0 Å². The molecule has 2 aromatic carbocycles. The Morgan fingerprint density at radius 1 is 1.12 bits per heavy atom. The first kappa shape index (κ1) is 20.6. The molecule has 2 rings (SSSR count). The predicted octanol–water partition coefficient (Wildman–Crippen LogP) is 3.85. The fourth-order valence-corrected chi connectivity index (χ4v) is 4.13. The van der Waals surface area contributed by atoms with E-state index in [1.165, 1.54) is 0 Å². The number of amides is 1. The van der Waals surface area contributed by atoms with Gasteiger partial charge in [-0.2, -0.15) is 0 Å². The molecule has 0 bridgehead atoms. The minimum atomic E-state index is -3.67. The van der Waals surface area contributed by atoms with E-state index < -0.39 is 22.0 Å². The highest BCUT2D eigenvalue weighted by atomic mass is 35.5. The number of hydrogen-bond acceptors (Lipinski definition) is 3. The van der Waals surface area contributed by atoms with E-state index in [2.05, 4.69) is 5.32 Å². The lowest BCUT2D eigenvalue weighted by atomic mass is 10.1. The quantitative estimate of drug-likeness (QED) is 0.747. The Kier molecular flexibility index (Phi) is 6.92. The average Bonchev–Trinajstić information content (AvgIpc) is 2.58. The molecule has 0 aliphatic heterocycles. The fraction of sp³-hybridized carbons (Fsp3) is 0.278. The van der Waals surface area contributed by atoms with Crippen LogP contribution in [0.3, 0.4) is 0 Å². The molecule has 0 aliphatic carbocycles. The van der Waals surface area contributed by atoms with Crippen molar-refractivity contribution < 1.29 is 13.2 Å². The lowest BCUT2D eigenvalue weighted by molar-refractivity contribution is -0.122. The molecule has 0 unspecified atom stereocenters. The van der Waals surface area contributed by atoms with Crippen LogP contribution >= 0.6 is 23.2 Å². The molecular formula is C18H20Cl2N2O3S. The van der Waals surface area contributed by atoms with Gasteiger partial charge < -0.3 is 5.32 Å². The Balaban J connectivity index is 2.25. The molecule has 140 valence electrons. The van der Waals surface area contributed by atoms with E-state index >= 15 is 0 Å². The van der Waals surface area contributed by atoms with Crippen molar-refractivity contribution in [3.05, 3.63) is 64.1 Å². The fourth-order valence-electron chi connectivity index (χ4n) is 2.59. The SMILES string of the molecule is CC[C@H](C(=O)NCc1ccccc1Cl)N(c1ccc(Cl)cc1)S(C)(=O)=O. The second kappa shape index (κ2) is 8.75. The van der Waals surface area contributed by atoms with Gasteiger partial charge in [0.05, 0.1) is 11.9 Å². The molecule has 0 heterocycles. The number of carbonyl (C=O) groups is 1. The molecule has 8 heteroatoms. The molecule has 0 saturated carbocycles. The first-order valence-corrected chi connectivity index (χ1v) is 10.6. The minimum Gasteiger partial charge on any atom is -0.350 e. The Morgan fingerprint density at radius 2 is 1.73 bits per heavy atom. The highest BCUT2D eigenvalue weighted by Gasteiger charge is 2.31. The number of hydrogen-bond donors (Lipinski definition) is 1. The zero-order valence-corrected chi connectivity index (χ0v) is 16.8. The van der Waals surface area contributed by atoms with Crippen molar-refractivity contribution in [3.63, 3.8) is 0 Å². The van der Waals surface area contributed by atoms with E-state index in [-0.39, 0.29) is 6.54 Å². The molecule has 2 aromatic rings. The van der Waals surface area contributed by atoms with Crippen molar-refractivity contribution >= 4 is 44.8 Å². The maximum atomic E-state index is 12.7. The summed E-state index contributed by atoms with van der Waals surface area (Å²) in [6, 6.07) is 12.6. The van der Waals surface area contributed by atoms with Gasteiger partial charge in [-0.1, -0.05) is 48.3 Å². The summed E-state index contributed by atoms with van der Waals surface area (Å²) in [5.41, 5.74) is 1.14. The topological polar surface area (TPSA) is 66.5 Å². The third-order valence-corrected chi connectivity index (χ3v) is 5.62. The summed E-state index contributed by atoms with van der Waals surface area (Å²) in [7, 11) is -3.67. The monoisotopic (exact) mass is 414 g/mol. The van der Waals surface area contributed by atoms with Gasteiger partial charge in [-0.3, -0.25) is 9.10 Å². The van der Waals surface area contributed by atoms with Crippen LogP contribution in [0, 0.1) is 0 Å². The number of nitrogens with one attached hydrogen (secondary N) is 1. The Labute approximate surface area is 164 Å². The van der Waals surface area contributed by atoms with Gasteiger partial charge >= 0.3 is 0 Å². The van der Waals surface area contributed by atoms with Gasteiger partial charge in [0.25, 0.3) is 0 Å². The van der Waals surface area contributed by atoms with Crippen LogP contribution in [0.15, 0.2) is 48.5 Å². The minimum absolute atomic E-state index is 0.216. The number of rotatable bonds is 7. The Morgan fingerprint density at radius 3 is 2.27 bits per heavy atom. The van der Waals surface area contributed by atoms with E-state index in [0.717, 1.165) is 16.1 Å². The molecule has 1 amide bonds. The van der Waals surface area contributed by atoms with Crippen molar-refractivity contribution in [2.45, 2.75) is 25.9 Å². The largest absolute Gasteiger partial charge is 0.350 e. The van der Waals surface area contributed by atoms with Gasteiger partial charge in [0, 0.05) is 16.6 Å². The third kappa shape index (κ3) is 5.13. The van der Waals surface area contributed by atoms with Crippen LogP contribution in [-0.4, -0.2) is 26.6 Å². The maximum absolute atomic E-state index is 12.7. The molecular weight excluding hydrogens is 395 g/mol. The van der Waals surface area contributed by atoms with Gasteiger partial charge in [0.1, 0.15) is 6.04 Å². The standard InChI is InChI=1S/C18H20Cl2N2O3S/c1-3-17(18(23)21-12-13-6-4-5-7-16(13)20)22(26(2,24)25)15-10-8-14(19)9-11-15/h4-11,17H,3,12H2,1-2H3,(H,21,23)/t17-/m1/s1. The molecule has 0 aliphatic rings. The average molecular weight is 415 g/mol. The summed E-state index contributed by atoms with van der Waals surface area (Å²) >= 11 is 12.0. The molecule has 0 saturated heterocycles. The van der Waals surface area contributed by atoms with E-state index in [1.54, 1.807) is 49.4 Å². The van der Waals surface area contributed by atoms with E-state index in [4.69, 9.17) is 23.2 Å². The van der Waals surface area contributed by atoms with Gasteiger partial charge in [-0.05, 0) is 42.3 Å². The van der Waals surface area contributed by atoms with Gasteiger partial charge in [0.2, 0.25) is 15.9 Å². The summed E-state index contributed by atoms with van der Waals surface area (Å²) in [4.78, 5) is 12.7. The van der Waals surface area contributed by atoms with Crippen LogP contribution in [0.2, 0.25) is 10.0 Å². The highest BCUT2D eigenvalue weighted by molar-refractivity contribution is 7.92. The van der Waals surface area contributed by atoms with E-state index in [1.807, 2.05) is 6.07 Å². The molecule has 5 nitrogen and oxygen atoms in total. The number of anilines is 1. The highest BCUT2D eigenvalue weighted by Crippen LogP contribution is 2.24. The Bertz CT molecular complexity index is 870. The zero-order valence-electron chi connectivity index (χ0n) is 14.4. The number of benzene rings is 2. The normalized spacial score (nSPS) is 12.5. The molecule has 0 aromatic heterocycles. The summed E-state index contributed by atoms with van der Waals surface area (Å²) < 4.78 is 25.8. The summed E-state index contributed by atoms with van der Waals surface area (Å²) in [6.07, 6.45) is 1.38. The number of halogens is 2. The molecule has 1 atom stereocenters. The van der Waals surface area contributed by atoms with Crippen molar-refractivity contribution in [1.29, 1.82) is 0 Å². The van der Waals surface area contributed by atoms with Crippen molar-refractivity contribution in [2.75, 3.05) is 10.6 Å². The smallest absolute Gasteiger partial charge is 0.244 e. The van der Waals surface area contributed by atoms with E-state index in [0.29, 0.717) is 22.2 Å². The molecule has 0 spiro atoms. The van der Waals surface area contributed by atoms with E-state index in [9.17, 15) is 13.2 Å². The van der Waals surface area contributed by atoms with Crippen molar-refractivity contribution in [3.8, 4) is 0 Å². The van der Waals surface area contributed by atoms with Gasteiger partial charge in [-0.15, -0.1) is 0 Å². The van der Waals surface area contributed by atoms with Crippen LogP contribution < -0.4 is 9.62 Å². The van der Waals surface area contributed by atoms with Crippen LogP contribution in [0.25, 0.3) is 0 Å². The lowest BCUT2D eigenvalue weighted by Crippen LogP contribution is -2.49. The molecule has 0 fully saturated rings. The lowest BCUT2D eigenvalue weighted by Gasteiger charge is -2.30. The predicted molar refractivity (Wildman–Crippen MR) is 106 cm³/mol. The summed E-state index contributed by atoms with van der Waals surface area (Å²) in [6.45, 7) is 1.97. The molecule has 0 radical (unpaired) electrons. The van der Waals surface area contributed by atoms with Crippen LogP contribution in [0.1, 0.15) is 18.9 Å². The number of carbonyl (C=O) groups excluding carboxylic acids is 1. The first-order valence-electron chi connectivity index (χ1n) is 8.00. The third-order valence-electron chi connectivity index (χ3n) is 3.82. The van der Waals surface area contributed by atoms with Crippen molar-refractivity contribution in [1.82, 2.24) is 5.32 Å². The van der Waals surface area contributed by atoms with Gasteiger partial charge in [0.15, 0.2) is 0 Å². The Hall–Kier alpha value is -1.76. The second-order valence-corrected chi connectivity index (χ2v) is 8.47. The number of nitrogens with zero attached hydrogens (tertiary/aromatic N) is 1. The maximum Gasteiger partial charge on any atom is 0.244 e. The molecule has 26 heavy (non-hydrogen) atoms. The first-order chi connectivity index (χ1) is 12.2.